The van der Waals surface area contributed by atoms with Crippen molar-refractivity contribution < 1.29 is 23.9 Å². The summed E-state index contributed by atoms with van der Waals surface area (Å²) in [5, 5.41) is 5.51. The van der Waals surface area contributed by atoms with Gasteiger partial charge in [0.25, 0.3) is 17.7 Å². The zero-order valence-electron chi connectivity index (χ0n) is 20.1. The van der Waals surface area contributed by atoms with E-state index in [2.05, 4.69) is 10.6 Å². The van der Waals surface area contributed by atoms with Gasteiger partial charge in [0.05, 0.1) is 19.9 Å². The van der Waals surface area contributed by atoms with Crippen molar-refractivity contribution in [3.05, 3.63) is 88.1 Å². The first-order chi connectivity index (χ1) is 17.2. The van der Waals surface area contributed by atoms with Crippen LogP contribution in [0.25, 0.3) is 0 Å². The number of carbonyl (C=O) groups excluding carboxylic acids is 3. The summed E-state index contributed by atoms with van der Waals surface area (Å²) in [6, 6.07) is 16.9. The van der Waals surface area contributed by atoms with E-state index in [0.29, 0.717) is 22.7 Å². The maximum absolute atomic E-state index is 13.1. The van der Waals surface area contributed by atoms with Gasteiger partial charge in [-0.1, -0.05) is 17.7 Å². The number of ether oxygens (including phenoxy) is 2. The number of hydrogen-bond acceptors (Lipinski definition) is 6. The number of nitrogens with zero attached hydrogens (tertiary/aromatic N) is 1. The second-order valence-corrected chi connectivity index (χ2v) is 8.51. The van der Waals surface area contributed by atoms with E-state index in [1.807, 2.05) is 32.0 Å². The predicted molar refractivity (Wildman–Crippen MR) is 139 cm³/mol. The molecule has 4 rings (SSSR count). The van der Waals surface area contributed by atoms with Gasteiger partial charge in [0, 0.05) is 23.0 Å². The smallest absolute Gasteiger partial charge is 0.283 e. The van der Waals surface area contributed by atoms with E-state index in [4.69, 9.17) is 21.1 Å². The minimum atomic E-state index is -0.683. The number of nitrogens with one attached hydrogen (secondary N) is 2. The van der Waals surface area contributed by atoms with Crippen molar-refractivity contribution in [2.45, 2.75) is 13.8 Å². The summed E-state index contributed by atoms with van der Waals surface area (Å²) in [6.45, 7) is 3.98. The molecule has 0 aromatic heterocycles. The van der Waals surface area contributed by atoms with Crippen molar-refractivity contribution in [3.63, 3.8) is 0 Å². The zero-order chi connectivity index (χ0) is 26.0. The lowest BCUT2D eigenvalue weighted by molar-refractivity contribution is -0.120. The highest BCUT2D eigenvalue weighted by Gasteiger charge is 2.40. The fourth-order valence-corrected chi connectivity index (χ4v) is 3.88. The molecule has 184 valence electrons. The molecule has 1 heterocycles. The summed E-state index contributed by atoms with van der Waals surface area (Å²) in [5.74, 6) is -0.802. The zero-order valence-corrected chi connectivity index (χ0v) is 20.9. The van der Waals surface area contributed by atoms with Crippen LogP contribution in [0, 0.1) is 13.8 Å². The minimum Gasteiger partial charge on any atom is -0.497 e. The van der Waals surface area contributed by atoms with Crippen LogP contribution in [0.15, 0.2) is 71.4 Å². The van der Waals surface area contributed by atoms with Gasteiger partial charge in [-0.15, -0.1) is 0 Å². The van der Waals surface area contributed by atoms with Crippen LogP contribution in [-0.2, 0) is 9.59 Å². The second-order valence-electron chi connectivity index (χ2n) is 8.13. The van der Waals surface area contributed by atoms with E-state index >= 15 is 0 Å². The SMILES string of the molecule is COc1ccc(N2C(=O)C(Cl)=C(Nc3ccc(C(=O)Nc4ccc(C)c(C)c4)cc3)C2=O)c(OC)c1. The Hall–Kier alpha value is -4.30. The Labute approximate surface area is 213 Å². The maximum atomic E-state index is 13.1. The first kappa shape index (κ1) is 24.8. The van der Waals surface area contributed by atoms with Crippen LogP contribution in [0.2, 0.25) is 0 Å². The standard InChI is InChI=1S/C27H24ClN3O5/c1-15-5-8-19(13-16(15)2)30-25(32)17-6-9-18(10-7-17)29-24-23(28)26(33)31(27(24)34)21-12-11-20(35-3)14-22(21)36-4/h5-14,29H,1-4H3,(H,30,32). The molecule has 0 atom stereocenters. The minimum absolute atomic E-state index is 0.0770. The van der Waals surface area contributed by atoms with Gasteiger partial charge in [0.2, 0.25) is 0 Å². The Bertz CT molecular complexity index is 1400. The molecule has 0 fully saturated rings. The summed E-state index contributed by atoms with van der Waals surface area (Å²) in [4.78, 5) is 39.5. The fraction of sp³-hybridized carbons (Fsp3) is 0.148. The molecule has 0 spiro atoms. The molecule has 0 saturated heterocycles. The molecule has 0 aliphatic carbocycles. The van der Waals surface area contributed by atoms with Crippen LogP contribution in [-0.4, -0.2) is 31.9 Å². The molecule has 0 radical (unpaired) electrons. The molecule has 8 nitrogen and oxygen atoms in total. The van der Waals surface area contributed by atoms with E-state index in [0.717, 1.165) is 16.0 Å². The third-order valence-electron chi connectivity index (χ3n) is 5.84. The Morgan fingerprint density at radius 2 is 1.53 bits per heavy atom. The first-order valence-corrected chi connectivity index (χ1v) is 11.4. The van der Waals surface area contributed by atoms with Gasteiger partial charge in [-0.2, -0.15) is 0 Å². The van der Waals surface area contributed by atoms with Gasteiger partial charge >= 0.3 is 0 Å². The Kier molecular flexibility index (Phi) is 6.98. The van der Waals surface area contributed by atoms with Crippen molar-refractivity contribution in [3.8, 4) is 11.5 Å². The lowest BCUT2D eigenvalue weighted by Gasteiger charge is -2.18. The number of carbonyl (C=O) groups is 3. The van der Waals surface area contributed by atoms with Crippen LogP contribution < -0.4 is 25.0 Å². The number of hydrogen-bond donors (Lipinski definition) is 2. The molecular formula is C27H24ClN3O5. The predicted octanol–water partition coefficient (Wildman–Crippen LogP) is 5.01. The Morgan fingerprint density at radius 1 is 0.833 bits per heavy atom. The average molecular weight is 506 g/mol. The third-order valence-corrected chi connectivity index (χ3v) is 6.19. The lowest BCUT2D eigenvalue weighted by Crippen LogP contribution is -2.32. The number of rotatable bonds is 7. The molecular weight excluding hydrogens is 482 g/mol. The molecule has 36 heavy (non-hydrogen) atoms. The molecule has 2 N–H and O–H groups in total. The highest BCUT2D eigenvalue weighted by molar-refractivity contribution is 6.53. The molecule has 3 aromatic rings. The molecule has 3 aromatic carbocycles. The van der Waals surface area contributed by atoms with Crippen molar-refractivity contribution >= 4 is 46.4 Å². The van der Waals surface area contributed by atoms with E-state index in [1.54, 1.807) is 42.5 Å². The normalized spacial score (nSPS) is 13.2. The summed E-state index contributed by atoms with van der Waals surface area (Å²) in [6.07, 6.45) is 0. The van der Waals surface area contributed by atoms with Crippen LogP contribution in [0.3, 0.4) is 0 Å². The van der Waals surface area contributed by atoms with Crippen LogP contribution in [0.4, 0.5) is 17.1 Å². The van der Waals surface area contributed by atoms with Gasteiger partial charge in [-0.25, -0.2) is 4.90 Å². The second kappa shape index (κ2) is 10.1. The molecule has 1 aliphatic heterocycles. The molecule has 0 bridgehead atoms. The van der Waals surface area contributed by atoms with E-state index in [1.165, 1.54) is 14.2 Å². The summed E-state index contributed by atoms with van der Waals surface area (Å²) in [5.41, 5.74) is 3.99. The summed E-state index contributed by atoms with van der Waals surface area (Å²) in [7, 11) is 2.93. The van der Waals surface area contributed by atoms with Crippen molar-refractivity contribution in [2.24, 2.45) is 0 Å². The number of imide groups is 1. The summed E-state index contributed by atoms with van der Waals surface area (Å²) >= 11 is 6.24. The molecule has 3 amide bonds. The number of methoxy groups -OCH3 is 2. The van der Waals surface area contributed by atoms with E-state index < -0.39 is 11.8 Å². The van der Waals surface area contributed by atoms with Gasteiger partial charge in [0.15, 0.2) is 0 Å². The van der Waals surface area contributed by atoms with Gasteiger partial charge in [0.1, 0.15) is 22.2 Å². The highest BCUT2D eigenvalue weighted by Crippen LogP contribution is 2.37. The monoisotopic (exact) mass is 505 g/mol. The number of halogens is 1. The van der Waals surface area contributed by atoms with Crippen molar-refractivity contribution in [2.75, 3.05) is 29.8 Å². The average Bonchev–Trinajstić information content (AvgIpc) is 3.09. The van der Waals surface area contributed by atoms with Crippen LogP contribution >= 0.6 is 11.6 Å². The quantitative estimate of drug-likeness (QED) is 0.438. The molecule has 9 heteroatoms. The van der Waals surface area contributed by atoms with Crippen LogP contribution in [0.1, 0.15) is 21.5 Å². The third kappa shape index (κ3) is 4.76. The highest BCUT2D eigenvalue weighted by atomic mass is 35.5. The van der Waals surface area contributed by atoms with Gasteiger partial charge in [-0.3, -0.25) is 14.4 Å². The number of aryl methyl sites for hydroxylation is 2. The van der Waals surface area contributed by atoms with Crippen LogP contribution in [0.5, 0.6) is 11.5 Å². The topological polar surface area (TPSA) is 97.0 Å². The van der Waals surface area contributed by atoms with Gasteiger partial charge < -0.3 is 20.1 Å². The lowest BCUT2D eigenvalue weighted by atomic mass is 10.1. The Morgan fingerprint density at radius 3 is 2.17 bits per heavy atom. The molecule has 1 aliphatic rings. The maximum Gasteiger partial charge on any atom is 0.283 e. The van der Waals surface area contributed by atoms with E-state index in [9.17, 15) is 14.4 Å². The summed E-state index contributed by atoms with van der Waals surface area (Å²) < 4.78 is 10.5. The van der Waals surface area contributed by atoms with Crippen molar-refractivity contribution in [1.29, 1.82) is 0 Å². The van der Waals surface area contributed by atoms with E-state index in [-0.39, 0.29) is 28.1 Å². The van der Waals surface area contributed by atoms with Crippen molar-refractivity contribution in [1.82, 2.24) is 0 Å². The Balaban J connectivity index is 1.50. The number of amides is 3. The number of benzene rings is 3. The molecule has 0 saturated carbocycles. The largest absolute Gasteiger partial charge is 0.497 e. The fourth-order valence-electron chi connectivity index (χ4n) is 3.67. The number of anilines is 3. The molecule has 0 unspecified atom stereocenters. The van der Waals surface area contributed by atoms with Gasteiger partial charge in [-0.05, 0) is 73.5 Å². The first-order valence-electron chi connectivity index (χ1n) is 11.0.